The number of nitrogens with one attached hydrogen (secondary N) is 2. The second-order valence-electron chi connectivity index (χ2n) is 8.25. The summed E-state index contributed by atoms with van der Waals surface area (Å²) in [7, 11) is 1.55. The molecule has 2 aliphatic heterocycles. The maximum atomic E-state index is 15.0. The molecular formula is C23H23ClFN5O3. The molecule has 1 aromatic carbocycles. The quantitative estimate of drug-likeness (QED) is 0.568. The molecule has 0 radical (unpaired) electrons. The van der Waals surface area contributed by atoms with Crippen molar-refractivity contribution in [1.29, 1.82) is 0 Å². The number of carbonyl (C=O) groups excluding carboxylic acids is 1. The third kappa shape index (κ3) is 4.07. The number of halogens is 2. The van der Waals surface area contributed by atoms with Gasteiger partial charge >= 0.3 is 0 Å². The van der Waals surface area contributed by atoms with Crippen LogP contribution in [0.1, 0.15) is 27.2 Å². The van der Waals surface area contributed by atoms with Crippen LogP contribution in [0.2, 0.25) is 5.15 Å². The van der Waals surface area contributed by atoms with Crippen molar-refractivity contribution in [3.8, 4) is 0 Å². The van der Waals surface area contributed by atoms with Crippen molar-refractivity contribution in [1.82, 2.24) is 20.2 Å². The Labute approximate surface area is 194 Å². The van der Waals surface area contributed by atoms with Gasteiger partial charge in [0.25, 0.3) is 11.5 Å². The standard InChI is InChI=1S/C23H23ClFN5O3/c1-26-23(32)17-2-3-19(21(24)27-17)30-6-4-29(5-7-30)10-13-8-16(25)20-14-11-33-12-15(14)22(31)28-18(20)9-13/h2-3,8-9H,4-7,10-12H2,1H3,(H,26,32)(H,28,31). The minimum absolute atomic E-state index is 0.215. The van der Waals surface area contributed by atoms with E-state index in [1.165, 1.54) is 0 Å². The molecule has 5 rings (SSSR count). The number of benzene rings is 1. The van der Waals surface area contributed by atoms with Crippen molar-refractivity contribution < 1.29 is 13.9 Å². The molecule has 33 heavy (non-hydrogen) atoms. The third-order valence-electron chi connectivity index (χ3n) is 6.24. The summed E-state index contributed by atoms with van der Waals surface area (Å²) in [6, 6.07) is 6.87. The Balaban J connectivity index is 1.29. The summed E-state index contributed by atoms with van der Waals surface area (Å²) < 4.78 is 20.3. The first-order chi connectivity index (χ1) is 15.9. The molecule has 0 bridgehead atoms. The molecule has 3 aromatic rings. The van der Waals surface area contributed by atoms with E-state index in [1.54, 1.807) is 19.2 Å². The molecule has 2 N–H and O–H groups in total. The molecule has 1 saturated heterocycles. The van der Waals surface area contributed by atoms with E-state index in [2.05, 4.69) is 25.1 Å². The van der Waals surface area contributed by atoms with Gasteiger partial charge in [-0.1, -0.05) is 11.6 Å². The van der Waals surface area contributed by atoms with Gasteiger partial charge in [0.2, 0.25) is 0 Å². The van der Waals surface area contributed by atoms with Crippen LogP contribution in [0, 0.1) is 5.82 Å². The zero-order valence-corrected chi connectivity index (χ0v) is 18.8. The first-order valence-corrected chi connectivity index (χ1v) is 11.1. The van der Waals surface area contributed by atoms with Gasteiger partial charge < -0.3 is 19.9 Å². The molecule has 2 aromatic heterocycles. The van der Waals surface area contributed by atoms with Crippen LogP contribution < -0.4 is 15.8 Å². The van der Waals surface area contributed by atoms with Gasteiger partial charge in [0.1, 0.15) is 11.5 Å². The molecule has 0 saturated carbocycles. The van der Waals surface area contributed by atoms with E-state index in [-0.39, 0.29) is 36.2 Å². The number of aromatic amines is 1. The van der Waals surface area contributed by atoms with Crippen LogP contribution in [0.15, 0.2) is 29.1 Å². The summed E-state index contributed by atoms with van der Waals surface area (Å²) in [4.78, 5) is 35.4. The van der Waals surface area contributed by atoms with E-state index in [0.29, 0.717) is 33.7 Å². The molecular weight excluding hydrogens is 449 g/mol. The fraction of sp³-hybridized carbons (Fsp3) is 0.348. The number of nitrogens with zero attached hydrogens (tertiary/aromatic N) is 3. The summed E-state index contributed by atoms with van der Waals surface area (Å²) in [5.74, 6) is -0.622. The van der Waals surface area contributed by atoms with Gasteiger partial charge in [-0.05, 0) is 29.8 Å². The van der Waals surface area contributed by atoms with E-state index in [0.717, 1.165) is 37.4 Å². The second-order valence-corrected chi connectivity index (χ2v) is 8.61. The number of H-pyrrole nitrogens is 1. The first kappa shape index (κ1) is 21.8. The number of ether oxygens (including phenoxy) is 1. The lowest BCUT2D eigenvalue weighted by Gasteiger charge is -2.36. The average Bonchev–Trinajstić information content (AvgIpc) is 3.29. The highest BCUT2D eigenvalue weighted by molar-refractivity contribution is 6.32. The van der Waals surface area contributed by atoms with Gasteiger partial charge in [-0.2, -0.15) is 0 Å². The predicted molar refractivity (Wildman–Crippen MR) is 123 cm³/mol. The largest absolute Gasteiger partial charge is 0.372 e. The number of piperazine rings is 1. The van der Waals surface area contributed by atoms with Crippen LogP contribution in [0.25, 0.3) is 10.9 Å². The smallest absolute Gasteiger partial charge is 0.269 e. The Morgan fingerprint density at radius 1 is 1.21 bits per heavy atom. The van der Waals surface area contributed by atoms with E-state index < -0.39 is 0 Å². The average molecular weight is 472 g/mol. The lowest BCUT2D eigenvalue weighted by molar-refractivity contribution is 0.0958. The van der Waals surface area contributed by atoms with Crippen molar-refractivity contribution in [3.63, 3.8) is 0 Å². The fourth-order valence-corrected chi connectivity index (χ4v) is 4.81. The molecule has 2 aliphatic rings. The van der Waals surface area contributed by atoms with Crippen molar-refractivity contribution in [2.24, 2.45) is 0 Å². The van der Waals surface area contributed by atoms with E-state index in [4.69, 9.17) is 16.3 Å². The topological polar surface area (TPSA) is 90.6 Å². The second kappa shape index (κ2) is 8.74. The summed E-state index contributed by atoms with van der Waals surface area (Å²) in [6.07, 6.45) is 0. The number of pyridine rings is 2. The first-order valence-electron chi connectivity index (χ1n) is 10.7. The van der Waals surface area contributed by atoms with E-state index in [9.17, 15) is 14.0 Å². The van der Waals surface area contributed by atoms with Gasteiger partial charge in [-0.3, -0.25) is 14.5 Å². The molecule has 10 heteroatoms. The Kier molecular flexibility index (Phi) is 5.77. The van der Waals surface area contributed by atoms with Crippen molar-refractivity contribution >= 4 is 34.1 Å². The number of hydrogen-bond donors (Lipinski definition) is 2. The summed E-state index contributed by atoms with van der Waals surface area (Å²) in [5, 5.41) is 3.27. The van der Waals surface area contributed by atoms with Gasteiger partial charge in [0, 0.05) is 56.3 Å². The number of carbonyl (C=O) groups is 1. The number of fused-ring (bicyclic) bond motifs is 3. The Bertz CT molecular complexity index is 1300. The van der Waals surface area contributed by atoms with E-state index in [1.807, 2.05) is 12.1 Å². The van der Waals surface area contributed by atoms with Gasteiger partial charge in [-0.15, -0.1) is 0 Å². The normalized spacial score (nSPS) is 16.3. The minimum atomic E-state index is -0.340. The summed E-state index contributed by atoms with van der Waals surface area (Å²) >= 11 is 6.33. The van der Waals surface area contributed by atoms with Gasteiger partial charge in [0.05, 0.1) is 24.4 Å². The van der Waals surface area contributed by atoms with Gasteiger partial charge in [0.15, 0.2) is 5.15 Å². The van der Waals surface area contributed by atoms with Gasteiger partial charge in [-0.25, -0.2) is 9.37 Å². The van der Waals surface area contributed by atoms with Crippen molar-refractivity contribution in [2.45, 2.75) is 19.8 Å². The van der Waals surface area contributed by atoms with Crippen LogP contribution in [-0.2, 0) is 24.5 Å². The Morgan fingerprint density at radius 3 is 2.70 bits per heavy atom. The molecule has 172 valence electrons. The molecule has 8 nitrogen and oxygen atoms in total. The highest BCUT2D eigenvalue weighted by Crippen LogP contribution is 2.29. The van der Waals surface area contributed by atoms with Crippen LogP contribution in [0.4, 0.5) is 10.1 Å². The van der Waals surface area contributed by atoms with Crippen LogP contribution in [0.5, 0.6) is 0 Å². The number of aromatic nitrogens is 2. The molecule has 0 atom stereocenters. The summed E-state index contributed by atoms with van der Waals surface area (Å²) in [6.45, 7) is 3.99. The SMILES string of the molecule is CNC(=O)c1ccc(N2CCN(Cc3cc(F)c4c5c(c(=O)[nH]c4c3)COC5)CC2)c(Cl)n1. The monoisotopic (exact) mass is 471 g/mol. The molecule has 0 aliphatic carbocycles. The van der Waals surface area contributed by atoms with Crippen LogP contribution >= 0.6 is 11.6 Å². The highest BCUT2D eigenvalue weighted by atomic mass is 35.5. The van der Waals surface area contributed by atoms with Crippen molar-refractivity contribution in [3.05, 3.63) is 68.0 Å². The van der Waals surface area contributed by atoms with Crippen LogP contribution in [-0.4, -0.2) is 54.0 Å². The highest BCUT2D eigenvalue weighted by Gasteiger charge is 2.23. The molecule has 1 amide bonds. The lowest BCUT2D eigenvalue weighted by Crippen LogP contribution is -2.46. The minimum Gasteiger partial charge on any atom is -0.372 e. The zero-order chi connectivity index (χ0) is 23.1. The number of hydrogen-bond acceptors (Lipinski definition) is 6. The maximum Gasteiger partial charge on any atom is 0.269 e. The number of rotatable bonds is 4. The maximum absolute atomic E-state index is 15.0. The number of anilines is 1. The lowest BCUT2D eigenvalue weighted by atomic mass is 10.0. The molecule has 1 fully saturated rings. The molecule has 0 unspecified atom stereocenters. The third-order valence-corrected chi connectivity index (χ3v) is 6.52. The summed E-state index contributed by atoms with van der Waals surface area (Å²) in [5.41, 5.74) is 3.33. The Morgan fingerprint density at radius 2 is 1.97 bits per heavy atom. The molecule has 4 heterocycles. The van der Waals surface area contributed by atoms with Crippen LogP contribution in [0.3, 0.4) is 0 Å². The fourth-order valence-electron chi connectivity index (χ4n) is 4.53. The Hall–Kier alpha value is -3.01. The molecule has 0 spiro atoms. The number of amides is 1. The zero-order valence-electron chi connectivity index (χ0n) is 18.1. The predicted octanol–water partition coefficient (Wildman–Crippen LogP) is 2.43. The van der Waals surface area contributed by atoms with E-state index >= 15 is 0 Å². The van der Waals surface area contributed by atoms with Crippen molar-refractivity contribution in [2.75, 3.05) is 38.1 Å².